The number of benzene rings is 2. The molecule has 2 aromatic carbocycles. The first-order chi connectivity index (χ1) is 18.5. The van der Waals surface area contributed by atoms with E-state index in [0.29, 0.717) is 49.1 Å². The van der Waals surface area contributed by atoms with Crippen molar-refractivity contribution in [1.82, 2.24) is 19.9 Å². The van der Waals surface area contributed by atoms with Crippen LogP contribution in [0.1, 0.15) is 16.8 Å². The summed E-state index contributed by atoms with van der Waals surface area (Å²) in [4.78, 5) is 8.32. The molecule has 4 N–H and O–H groups in total. The lowest BCUT2D eigenvalue weighted by Gasteiger charge is -2.32. The normalized spacial score (nSPS) is 12.5. The number of nitrogens with zero attached hydrogens (tertiary/aromatic N) is 6. The summed E-state index contributed by atoms with van der Waals surface area (Å²) in [5, 5.41) is 8.30. The number of aliphatic imine (C=N–C) groups is 1. The van der Waals surface area contributed by atoms with Gasteiger partial charge in [-0.25, -0.2) is 0 Å². The predicted octanol–water partition coefficient (Wildman–Crippen LogP) is 2.89. The van der Waals surface area contributed by atoms with Crippen molar-refractivity contribution in [2.45, 2.75) is 19.7 Å². The summed E-state index contributed by atoms with van der Waals surface area (Å²) in [6.07, 6.45) is 5.61. The fraction of sp³-hybridized carbons (Fsp3) is 0.321. The van der Waals surface area contributed by atoms with E-state index in [0.717, 1.165) is 34.5 Å². The SMILES string of the molecule is C=Cc1cccc2c1N(C)Cc1cc(OCC(=CN(C)CCN)N=C)c(OCc3cn(CCN)nn3)cc1-2. The number of hydrogen-bond acceptors (Lipinski definition) is 9. The lowest BCUT2D eigenvalue weighted by atomic mass is 9.91. The Bertz CT molecular complexity index is 1320. The molecule has 0 radical (unpaired) electrons. The second kappa shape index (κ2) is 12.4. The minimum Gasteiger partial charge on any atom is -0.483 e. The van der Waals surface area contributed by atoms with Crippen LogP contribution in [0.4, 0.5) is 5.69 Å². The van der Waals surface area contributed by atoms with E-state index in [1.54, 1.807) is 4.68 Å². The fourth-order valence-corrected chi connectivity index (χ4v) is 4.51. The van der Waals surface area contributed by atoms with Crippen LogP contribution in [0.25, 0.3) is 17.2 Å². The number of hydrogen-bond donors (Lipinski definition) is 2. The molecule has 2 heterocycles. The molecule has 1 aliphatic rings. The fourth-order valence-electron chi connectivity index (χ4n) is 4.51. The molecule has 0 aliphatic carbocycles. The summed E-state index contributed by atoms with van der Waals surface area (Å²) in [5.41, 5.74) is 18.3. The van der Waals surface area contributed by atoms with Gasteiger partial charge in [-0.15, -0.1) is 5.10 Å². The minimum atomic E-state index is 0.229. The molecule has 0 fully saturated rings. The van der Waals surface area contributed by atoms with Gasteiger partial charge in [-0.2, -0.15) is 0 Å². The monoisotopic (exact) mass is 516 g/mol. The highest BCUT2D eigenvalue weighted by Crippen LogP contribution is 2.45. The third-order valence-corrected chi connectivity index (χ3v) is 6.29. The van der Waals surface area contributed by atoms with Crippen molar-refractivity contribution in [2.75, 3.05) is 45.2 Å². The van der Waals surface area contributed by atoms with Gasteiger partial charge in [0, 0.05) is 52.0 Å². The van der Waals surface area contributed by atoms with Crippen LogP contribution in [0.5, 0.6) is 11.5 Å². The zero-order valence-electron chi connectivity index (χ0n) is 22.1. The van der Waals surface area contributed by atoms with Gasteiger partial charge in [-0.05, 0) is 35.5 Å². The van der Waals surface area contributed by atoms with E-state index in [9.17, 15) is 0 Å². The maximum absolute atomic E-state index is 6.27. The van der Waals surface area contributed by atoms with Crippen LogP contribution < -0.4 is 25.8 Å². The van der Waals surface area contributed by atoms with Gasteiger partial charge in [0.15, 0.2) is 11.5 Å². The van der Waals surface area contributed by atoms with Crippen molar-refractivity contribution in [3.05, 3.63) is 71.8 Å². The maximum Gasteiger partial charge on any atom is 0.162 e. The second-order valence-electron chi connectivity index (χ2n) is 9.15. The largest absolute Gasteiger partial charge is 0.483 e. The van der Waals surface area contributed by atoms with Crippen LogP contribution >= 0.6 is 0 Å². The van der Waals surface area contributed by atoms with Crippen LogP contribution in [-0.2, 0) is 19.7 Å². The molecule has 1 aliphatic heterocycles. The Labute approximate surface area is 223 Å². The van der Waals surface area contributed by atoms with Crippen LogP contribution in [0.2, 0.25) is 0 Å². The third-order valence-electron chi connectivity index (χ3n) is 6.29. The Kier molecular flexibility index (Phi) is 8.77. The molecule has 0 saturated heterocycles. The zero-order valence-corrected chi connectivity index (χ0v) is 22.1. The van der Waals surface area contributed by atoms with Crippen molar-refractivity contribution in [2.24, 2.45) is 16.5 Å². The molecule has 10 heteroatoms. The Hall–Kier alpha value is -4.15. The Morgan fingerprint density at radius 2 is 2.00 bits per heavy atom. The van der Waals surface area contributed by atoms with Gasteiger partial charge in [-0.3, -0.25) is 9.67 Å². The lowest BCUT2D eigenvalue weighted by molar-refractivity contribution is 0.268. The molecule has 1 aromatic heterocycles. The molecule has 3 aromatic rings. The molecule has 0 saturated carbocycles. The van der Waals surface area contributed by atoms with Gasteiger partial charge >= 0.3 is 0 Å². The first-order valence-electron chi connectivity index (χ1n) is 12.5. The van der Waals surface area contributed by atoms with Gasteiger partial charge in [0.25, 0.3) is 0 Å². The molecule has 4 rings (SSSR count). The standard InChI is InChI=1S/C28H36N8O2/c1-5-20-7-6-8-24-25-14-27(38-19-23-17-36(12-10-30)33-32-23)26(13-21(25)15-35(4)28(20)24)37-18-22(31-2)16-34(3)11-9-29/h5-8,13-14,16-17H,1-2,9-12,15,18-19,29-30H2,3-4H3. The average Bonchev–Trinajstić information content (AvgIpc) is 3.37. The van der Waals surface area contributed by atoms with Crippen LogP contribution in [0.3, 0.4) is 0 Å². The summed E-state index contributed by atoms with van der Waals surface area (Å²) in [6.45, 7) is 11.2. The highest BCUT2D eigenvalue weighted by Gasteiger charge is 2.24. The Morgan fingerprint density at radius 3 is 2.74 bits per heavy atom. The van der Waals surface area contributed by atoms with Crippen molar-refractivity contribution in [3.8, 4) is 22.6 Å². The van der Waals surface area contributed by atoms with E-state index in [-0.39, 0.29) is 13.2 Å². The van der Waals surface area contributed by atoms with Gasteiger partial charge < -0.3 is 30.7 Å². The van der Waals surface area contributed by atoms with E-state index in [1.807, 2.05) is 48.6 Å². The maximum atomic E-state index is 6.27. The molecule has 0 amide bonds. The van der Waals surface area contributed by atoms with Crippen LogP contribution in [0, 0.1) is 0 Å². The van der Waals surface area contributed by atoms with Crippen LogP contribution in [0.15, 0.2) is 60.0 Å². The third kappa shape index (κ3) is 6.04. The summed E-state index contributed by atoms with van der Waals surface area (Å²) >= 11 is 0. The molecule has 200 valence electrons. The minimum absolute atomic E-state index is 0.229. The number of ether oxygens (including phenoxy) is 2. The predicted molar refractivity (Wildman–Crippen MR) is 152 cm³/mol. The lowest BCUT2D eigenvalue weighted by Crippen LogP contribution is -2.23. The van der Waals surface area contributed by atoms with E-state index < -0.39 is 0 Å². The number of fused-ring (bicyclic) bond motifs is 3. The smallest absolute Gasteiger partial charge is 0.162 e. The van der Waals surface area contributed by atoms with Crippen molar-refractivity contribution < 1.29 is 9.47 Å². The van der Waals surface area contributed by atoms with Crippen molar-refractivity contribution >= 4 is 18.5 Å². The first kappa shape index (κ1) is 26.9. The zero-order chi connectivity index (χ0) is 27.1. The first-order valence-corrected chi connectivity index (χ1v) is 12.5. The number of anilines is 1. The van der Waals surface area contributed by atoms with Gasteiger partial charge in [-0.1, -0.05) is 36.1 Å². The Balaban J connectivity index is 1.68. The summed E-state index contributed by atoms with van der Waals surface area (Å²) in [7, 11) is 4.02. The summed E-state index contributed by atoms with van der Waals surface area (Å²) in [5.74, 6) is 1.22. The molecular formula is C28H36N8O2. The van der Waals surface area contributed by atoms with E-state index in [4.69, 9.17) is 20.9 Å². The summed E-state index contributed by atoms with van der Waals surface area (Å²) in [6, 6.07) is 10.3. The number of likely N-dealkylation sites (N-methyl/N-ethyl adjacent to an activating group) is 1. The van der Waals surface area contributed by atoms with E-state index in [2.05, 4.69) is 52.7 Å². The van der Waals surface area contributed by atoms with Crippen molar-refractivity contribution in [3.63, 3.8) is 0 Å². The van der Waals surface area contributed by atoms with Gasteiger partial charge in [0.05, 0.1) is 24.1 Å². The molecule has 0 atom stereocenters. The van der Waals surface area contributed by atoms with E-state index >= 15 is 0 Å². The number of rotatable bonds is 13. The average molecular weight is 517 g/mol. The quantitative estimate of drug-likeness (QED) is 0.333. The molecular weight excluding hydrogens is 480 g/mol. The van der Waals surface area contributed by atoms with Gasteiger partial charge in [0.1, 0.15) is 18.9 Å². The van der Waals surface area contributed by atoms with Gasteiger partial charge in [0.2, 0.25) is 0 Å². The number of nitrogens with two attached hydrogens (primary N) is 2. The number of aromatic nitrogens is 3. The molecule has 0 spiro atoms. The van der Waals surface area contributed by atoms with Crippen LogP contribution in [-0.4, -0.2) is 66.9 Å². The molecule has 0 bridgehead atoms. The second-order valence-corrected chi connectivity index (χ2v) is 9.15. The van der Waals surface area contributed by atoms with Crippen molar-refractivity contribution in [1.29, 1.82) is 0 Å². The molecule has 0 unspecified atom stereocenters. The highest BCUT2D eigenvalue weighted by atomic mass is 16.5. The molecule has 38 heavy (non-hydrogen) atoms. The molecule has 10 nitrogen and oxygen atoms in total. The Morgan fingerprint density at radius 1 is 1.18 bits per heavy atom. The number of para-hydroxylation sites is 1. The highest BCUT2D eigenvalue weighted by molar-refractivity contribution is 5.89. The topological polar surface area (TPSA) is 120 Å². The summed E-state index contributed by atoms with van der Waals surface area (Å²) < 4.78 is 14.2. The van der Waals surface area contributed by atoms with E-state index in [1.165, 1.54) is 0 Å².